The molecule has 0 spiro atoms. The summed E-state index contributed by atoms with van der Waals surface area (Å²) in [5.41, 5.74) is 1.25. The van der Waals surface area contributed by atoms with E-state index in [1.807, 2.05) is 25.1 Å². The van der Waals surface area contributed by atoms with Crippen molar-refractivity contribution in [1.29, 1.82) is 5.26 Å². The Labute approximate surface area is 108 Å². The zero-order valence-electron chi connectivity index (χ0n) is 10.8. The molecule has 94 valence electrons. The van der Waals surface area contributed by atoms with Gasteiger partial charge in [-0.15, -0.1) is 0 Å². The van der Waals surface area contributed by atoms with Crippen molar-refractivity contribution in [2.75, 3.05) is 13.6 Å². The van der Waals surface area contributed by atoms with Crippen LogP contribution in [0.5, 0.6) is 0 Å². The second-order valence-corrected chi connectivity index (χ2v) is 5.11. The average molecular weight is 242 g/mol. The first kappa shape index (κ1) is 12.6. The minimum atomic E-state index is -0.104. The molecule has 0 radical (unpaired) electrons. The summed E-state index contributed by atoms with van der Waals surface area (Å²) in [7, 11) is 1.79. The fraction of sp³-hybridized carbons (Fsp3) is 0.467. The summed E-state index contributed by atoms with van der Waals surface area (Å²) >= 11 is 0. The zero-order chi connectivity index (χ0) is 13.1. The number of hydrogen-bond donors (Lipinski definition) is 0. The van der Waals surface area contributed by atoms with Crippen LogP contribution in [0.4, 0.5) is 0 Å². The standard InChI is InChI=1S/C15H18N2O/c1-11(9-16)10-17(2)15(18)14-8-13(14)12-6-4-3-5-7-12/h3-7,11,13-14H,8,10H2,1-2H3. The number of rotatable bonds is 4. The third-order valence-corrected chi connectivity index (χ3v) is 3.48. The number of benzene rings is 1. The summed E-state index contributed by atoms with van der Waals surface area (Å²) in [4.78, 5) is 13.9. The van der Waals surface area contributed by atoms with Crippen molar-refractivity contribution in [2.45, 2.75) is 19.3 Å². The molecule has 0 aliphatic heterocycles. The van der Waals surface area contributed by atoms with E-state index >= 15 is 0 Å². The molecule has 1 amide bonds. The maximum absolute atomic E-state index is 12.2. The quantitative estimate of drug-likeness (QED) is 0.813. The fourth-order valence-electron chi connectivity index (χ4n) is 2.36. The van der Waals surface area contributed by atoms with Crippen LogP contribution in [0.15, 0.2) is 30.3 Å². The number of nitrogens with zero attached hydrogens (tertiary/aromatic N) is 2. The highest BCUT2D eigenvalue weighted by Crippen LogP contribution is 2.48. The lowest BCUT2D eigenvalue weighted by Gasteiger charge is -2.18. The average Bonchev–Trinajstić information content (AvgIpc) is 3.18. The fourth-order valence-corrected chi connectivity index (χ4v) is 2.36. The molecule has 3 heteroatoms. The summed E-state index contributed by atoms with van der Waals surface area (Å²) in [6, 6.07) is 12.3. The molecular formula is C15H18N2O. The van der Waals surface area contributed by atoms with E-state index in [1.165, 1.54) is 5.56 Å². The number of carbonyl (C=O) groups is 1. The summed E-state index contributed by atoms with van der Waals surface area (Å²) in [6.07, 6.45) is 0.939. The van der Waals surface area contributed by atoms with Crippen molar-refractivity contribution >= 4 is 5.91 Å². The smallest absolute Gasteiger partial charge is 0.226 e. The van der Waals surface area contributed by atoms with E-state index in [-0.39, 0.29) is 17.7 Å². The van der Waals surface area contributed by atoms with Crippen LogP contribution < -0.4 is 0 Å². The largest absolute Gasteiger partial charge is 0.344 e. The van der Waals surface area contributed by atoms with Gasteiger partial charge in [0.1, 0.15) is 0 Å². The Morgan fingerprint density at radius 3 is 2.78 bits per heavy atom. The van der Waals surface area contributed by atoms with Gasteiger partial charge >= 0.3 is 0 Å². The van der Waals surface area contributed by atoms with Crippen LogP contribution in [0.2, 0.25) is 0 Å². The Morgan fingerprint density at radius 1 is 1.50 bits per heavy atom. The van der Waals surface area contributed by atoms with E-state index in [1.54, 1.807) is 11.9 Å². The molecule has 1 aliphatic carbocycles. The molecule has 0 heterocycles. The highest BCUT2D eigenvalue weighted by molar-refractivity contribution is 5.82. The van der Waals surface area contributed by atoms with Crippen LogP contribution in [0.1, 0.15) is 24.8 Å². The molecule has 0 saturated heterocycles. The molecule has 0 bridgehead atoms. The third-order valence-electron chi connectivity index (χ3n) is 3.48. The van der Waals surface area contributed by atoms with E-state index in [0.717, 1.165) is 6.42 Å². The van der Waals surface area contributed by atoms with E-state index in [9.17, 15) is 4.79 Å². The molecule has 0 N–H and O–H groups in total. The first-order chi connectivity index (χ1) is 8.63. The summed E-state index contributed by atoms with van der Waals surface area (Å²) in [5, 5.41) is 8.76. The second kappa shape index (κ2) is 5.22. The topological polar surface area (TPSA) is 44.1 Å². The third kappa shape index (κ3) is 2.70. The van der Waals surface area contributed by atoms with Crippen LogP contribution in [-0.4, -0.2) is 24.4 Å². The second-order valence-electron chi connectivity index (χ2n) is 5.11. The Balaban J connectivity index is 1.92. The minimum Gasteiger partial charge on any atom is -0.344 e. The lowest BCUT2D eigenvalue weighted by Crippen LogP contribution is -2.32. The Kier molecular flexibility index (Phi) is 3.66. The molecular weight excluding hydrogens is 224 g/mol. The van der Waals surface area contributed by atoms with Crippen LogP contribution in [0.3, 0.4) is 0 Å². The van der Waals surface area contributed by atoms with Gasteiger partial charge in [0.05, 0.1) is 12.0 Å². The molecule has 2 rings (SSSR count). The van der Waals surface area contributed by atoms with E-state index in [2.05, 4.69) is 18.2 Å². The number of nitriles is 1. The molecule has 3 nitrogen and oxygen atoms in total. The van der Waals surface area contributed by atoms with Crippen LogP contribution in [0.25, 0.3) is 0 Å². The lowest BCUT2D eigenvalue weighted by atomic mass is 10.1. The maximum atomic E-state index is 12.2. The van der Waals surface area contributed by atoms with E-state index in [0.29, 0.717) is 12.5 Å². The van der Waals surface area contributed by atoms with Crippen molar-refractivity contribution < 1.29 is 4.79 Å². The molecule has 1 saturated carbocycles. The van der Waals surface area contributed by atoms with Gasteiger partial charge in [-0.05, 0) is 24.8 Å². The molecule has 3 atom stereocenters. The van der Waals surface area contributed by atoms with Gasteiger partial charge in [-0.1, -0.05) is 30.3 Å². The number of amides is 1. The minimum absolute atomic E-state index is 0.104. The maximum Gasteiger partial charge on any atom is 0.226 e. The van der Waals surface area contributed by atoms with Crippen LogP contribution >= 0.6 is 0 Å². The van der Waals surface area contributed by atoms with Gasteiger partial charge in [0.2, 0.25) is 5.91 Å². The Bertz CT molecular complexity index is 463. The normalized spacial score (nSPS) is 22.9. The predicted molar refractivity (Wildman–Crippen MR) is 69.7 cm³/mol. The highest BCUT2D eigenvalue weighted by Gasteiger charge is 2.45. The van der Waals surface area contributed by atoms with Gasteiger partial charge in [0.25, 0.3) is 0 Å². The number of carbonyl (C=O) groups excluding carboxylic acids is 1. The number of hydrogen-bond acceptors (Lipinski definition) is 2. The highest BCUT2D eigenvalue weighted by atomic mass is 16.2. The van der Waals surface area contributed by atoms with Crippen molar-refractivity contribution in [3.8, 4) is 6.07 Å². The molecule has 1 aliphatic rings. The van der Waals surface area contributed by atoms with E-state index < -0.39 is 0 Å². The molecule has 3 unspecified atom stereocenters. The lowest BCUT2D eigenvalue weighted by molar-refractivity contribution is -0.131. The van der Waals surface area contributed by atoms with Crippen LogP contribution in [0, 0.1) is 23.2 Å². The van der Waals surface area contributed by atoms with Gasteiger partial charge in [-0.25, -0.2) is 0 Å². The summed E-state index contributed by atoms with van der Waals surface area (Å²) < 4.78 is 0. The van der Waals surface area contributed by atoms with Gasteiger partial charge in [0, 0.05) is 19.5 Å². The SMILES string of the molecule is CC(C#N)CN(C)C(=O)C1CC1c1ccccc1. The first-order valence-electron chi connectivity index (χ1n) is 6.33. The predicted octanol–water partition coefficient (Wildman–Crippen LogP) is 2.41. The summed E-state index contributed by atoms with van der Waals surface area (Å²) in [5.74, 6) is 0.556. The van der Waals surface area contributed by atoms with Crippen molar-refractivity contribution in [1.82, 2.24) is 4.90 Å². The molecule has 0 aromatic heterocycles. The first-order valence-corrected chi connectivity index (χ1v) is 6.33. The zero-order valence-corrected chi connectivity index (χ0v) is 10.8. The molecule has 18 heavy (non-hydrogen) atoms. The van der Waals surface area contributed by atoms with Crippen molar-refractivity contribution in [3.63, 3.8) is 0 Å². The monoisotopic (exact) mass is 242 g/mol. The van der Waals surface area contributed by atoms with Gasteiger partial charge < -0.3 is 4.90 Å². The molecule has 1 aromatic carbocycles. The van der Waals surface area contributed by atoms with Crippen molar-refractivity contribution in [2.24, 2.45) is 11.8 Å². The van der Waals surface area contributed by atoms with Gasteiger partial charge in [-0.2, -0.15) is 5.26 Å². The Morgan fingerprint density at radius 2 is 2.17 bits per heavy atom. The van der Waals surface area contributed by atoms with Gasteiger partial charge in [0.15, 0.2) is 0 Å². The Hall–Kier alpha value is -1.82. The summed E-state index contributed by atoms with van der Waals surface area (Å²) in [6.45, 7) is 2.36. The van der Waals surface area contributed by atoms with E-state index in [4.69, 9.17) is 5.26 Å². The molecule has 1 fully saturated rings. The molecule has 1 aromatic rings. The van der Waals surface area contributed by atoms with Crippen molar-refractivity contribution in [3.05, 3.63) is 35.9 Å². The van der Waals surface area contributed by atoms with Crippen LogP contribution in [-0.2, 0) is 4.79 Å². The van der Waals surface area contributed by atoms with Gasteiger partial charge in [-0.3, -0.25) is 4.79 Å².